The summed E-state index contributed by atoms with van der Waals surface area (Å²) in [4.78, 5) is 13.1. The molecule has 1 aliphatic heterocycles. The van der Waals surface area contributed by atoms with Gasteiger partial charge in [0.05, 0.1) is 0 Å². The summed E-state index contributed by atoms with van der Waals surface area (Å²) in [5.41, 5.74) is 0.430. The summed E-state index contributed by atoms with van der Waals surface area (Å²) in [7, 11) is -5.54. The number of benzene rings is 1. The number of amides is 1. The van der Waals surface area contributed by atoms with Crippen molar-refractivity contribution in [2.24, 2.45) is 5.14 Å². The highest BCUT2D eigenvalue weighted by molar-refractivity contribution is 7.89. The summed E-state index contributed by atoms with van der Waals surface area (Å²) in [5.74, 6) is -0.410. The van der Waals surface area contributed by atoms with Crippen LogP contribution in [0.4, 0.5) is 5.69 Å². The van der Waals surface area contributed by atoms with E-state index in [2.05, 4.69) is 0 Å². The summed E-state index contributed by atoms with van der Waals surface area (Å²) in [6.07, 6.45) is -0.200. The third-order valence-electron chi connectivity index (χ3n) is 3.06. The van der Waals surface area contributed by atoms with Gasteiger partial charge >= 0.3 is 7.12 Å². The smallest absolute Gasteiger partial charge is 0.423 e. The van der Waals surface area contributed by atoms with Crippen LogP contribution in [0.3, 0.4) is 0 Å². The number of nitrogens with zero attached hydrogens (tertiary/aromatic N) is 1. The fourth-order valence-electron chi connectivity index (χ4n) is 2.08. The third kappa shape index (κ3) is 2.79. The molecule has 1 fully saturated rings. The second kappa shape index (κ2) is 4.93. The van der Waals surface area contributed by atoms with Crippen LogP contribution in [-0.2, 0) is 14.8 Å². The van der Waals surface area contributed by atoms with E-state index < -0.39 is 28.3 Å². The van der Waals surface area contributed by atoms with Gasteiger partial charge in [-0.25, -0.2) is 13.6 Å². The number of primary sulfonamides is 1. The molecule has 1 aliphatic rings. The number of carbonyl (C=O) groups excluding carboxylic acids is 1. The monoisotopic (exact) mass is 284 g/mol. The summed E-state index contributed by atoms with van der Waals surface area (Å²) >= 11 is 0. The van der Waals surface area contributed by atoms with E-state index in [0.29, 0.717) is 0 Å². The Morgan fingerprint density at radius 2 is 1.95 bits per heavy atom. The van der Waals surface area contributed by atoms with Crippen molar-refractivity contribution in [1.82, 2.24) is 0 Å². The van der Waals surface area contributed by atoms with Gasteiger partial charge in [0.1, 0.15) is 5.25 Å². The van der Waals surface area contributed by atoms with Gasteiger partial charge in [0.15, 0.2) is 0 Å². The number of nitrogens with two attached hydrogens (primary N) is 1. The number of anilines is 1. The standard InChI is InChI=1S/C10H13BN2O5S/c12-19(17,18)7-5-10(14)13(6-7)9-4-2-1-3-8(9)11(15)16/h1-4,7,15-16H,5-6H2,(H2,12,17,18). The van der Waals surface area contributed by atoms with Crippen LogP contribution >= 0.6 is 0 Å². The highest BCUT2D eigenvalue weighted by Gasteiger charge is 2.38. The zero-order valence-electron chi connectivity index (χ0n) is 9.93. The normalized spacial score (nSPS) is 19.8. The molecule has 0 aliphatic carbocycles. The summed E-state index contributed by atoms with van der Waals surface area (Å²) in [5, 5.41) is 22.6. The number of para-hydroxylation sites is 1. The highest BCUT2D eigenvalue weighted by Crippen LogP contribution is 2.22. The Morgan fingerprint density at radius 1 is 1.32 bits per heavy atom. The molecule has 0 spiro atoms. The molecule has 9 heteroatoms. The lowest BCUT2D eigenvalue weighted by Crippen LogP contribution is -2.39. The molecule has 7 nitrogen and oxygen atoms in total. The van der Waals surface area contributed by atoms with Gasteiger partial charge in [-0.1, -0.05) is 18.2 Å². The minimum absolute atomic E-state index is 0.0819. The van der Waals surface area contributed by atoms with Crippen molar-refractivity contribution in [1.29, 1.82) is 0 Å². The van der Waals surface area contributed by atoms with Crippen molar-refractivity contribution >= 4 is 34.2 Å². The maximum absolute atomic E-state index is 11.8. The molecule has 0 bridgehead atoms. The number of sulfonamides is 1. The summed E-state index contributed by atoms with van der Waals surface area (Å²) in [6.45, 7) is -0.0819. The zero-order chi connectivity index (χ0) is 14.2. The van der Waals surface area contributed by atoms with Gasteiger partial charge in [-0.2, -0.15) is 0 Å². The van der Waals surface area contributed by atoms with Crippen LogP contribution < -0.4 is 15.5 Å². The van der Waals surface area contributed by atoms with Gasteiger partial charge in [-0.3, -0.25) is 4.79 Å². The largest absolute Gasteiger partial charge is 0.490 e. The van der Waals surface area contributed by atoms with E-state index in [-0.39, 0.29) is 24.1 Å². The number of carbonyl (C=O) groups is 1. The molecular weight excluding hydrogens is 271 g/mol. The van der Waals surface area contributed by atoms with E-state index in [1.54, 1.807) is 12.1 Å². The van der Waals surface area contributed by atoms with Gasteiger partial charge in [0, 0.05) is 24.1 Å². The van der Waals surface area contributed by atoms with Crippen molar-refractivity contribution < 1.29 is 23.3 Å². The molecule has 1 amide bonds. The minimum atomic E-state index is -3.80. The lowest BCUT2D eigenvalue weighted by molar-refractivity contribution is -0.117. The molecule has 0 aromatic heterocycles. The van der Waals surface area contributed by atoms with Crippen LogP contribution in [0.1, 0.15) is 6.42 Å². The molecule has 4 N–H and O–H groups in total. The summed E-state index contributed by atoms with van der Waals surface area (Å²) < 4.78 is 22.5. The molecule has 102 valence electrons. The minimum Gasteiger partial charge on any atom is -0.423 e. The summed E-state index contributed by atoms with van der Waals surface area (Å²) in [6, 6.07) is 6.20. The van der Waals surface area contributed by atoms with Crippen LogP contribution in [-0.4, -0.2) is 43.3 Å². The second-order valence-corrected chi connectivity index (χ2v) is 6.20. The van der Waals surface area contributed by atoms with E-state index >= 15 is 0 Å². The lowest BCUT2D eigenvalue weighted by Gasteiger charge is -2.19. The maximum Gasteiger partial charge on any atom is 0.490 e. The predicted octanol–water partition coefficient (Wildman–Crippen LogP) is -2.24. The predicted molar refractivity (Wildman–Crippen MR) is 70.1 cm³/mol. The number of hydrogen-bond acceptors (Lipinski definition) is 5. The van der Waals surface area contributed by atoms with E-state index in [1.165, 1.54) is 17.0 Å². The average molecular weight is 284 g/mol. The van der Waals surface area contributed by atoms with E-state index in [4.69, 9.17) is 5.14 Å². The topological polar surface area (TPSA) is 121 Å². The quantitative estimate of drug-likeness (QED) is 0.542. The molecule has 1 aromatic carbocycles. The van der Waals surface area contributed by atoms with Crippen molar-refractivity contribution in [2.75, 3.05) is 11.4 Å². The Kier molecular flexibility index (Phi) is 3.63. The van der Waals surface area contributed by atoms with Crippen molar-refractivity contribution in [3.8, 4) is 0 Å². The average Bonchev–Trinajstić information content (AvgIpc) is 2.71. The first-order chi connectivity index (χ1) is 8.80. The first kappa shape index (κ1) is 14.0. The Labute approximate surface area is 110 Å². The molecule has 1 atom stereocenters. The molecule has 1 saturated heterocycles. The molecule has 1 unspecified atom stereocenters. The van der Waals surface area contributed by atoms with Crippen LogP contribution in [0.15, 0.2) is 24.3 Å². The van der Waals surface area contributed by atoms with Gasteiger partial charge in [-0.15, -0.1) is 0 Å². The maximum atomic E-state index is 11.8. The van der Waals surface area contributed by atoms with Gasteiger partial charge < -0.3 is 14.9 Å². The number of rotatable bonds is 3. The van der Waals surface area contributed by atoms with Gasteiger partial charge in [-0.05, 0) is 6.07 Å². The van der Waals surface area contributed by atoms with E-state index in [1.807, 2.05) is 0 Å². The molecule has 1 heterocycles. The fourth-order valence-corrected chi connectivity index (χ4v) is 2.81. The zero-order valence-corrected chi connectivity index (χ0v) is 10.7. The van der Waals surface area contributed by atoms with Crippen molar-refractivity contribution in [3.63, 3.8) is 0 Å². The third-order valence-corrected chi connectivity index (χ3v) is 4.30. The van der Waals surface area contributed by atoms with E-state index in [9.17, 15) is 23.3 Å². The Hall–Kier alpha value is -1.42. The Balaban J connectivity index is 2.36. The van der Waals surface area contributed by atoms with Crippen LogP contribution in [0.2, 0.25) is 0 Å². The van der Waals surface area contributed by atoms with Crippen LogP contribution in [0.5, 0.6) is 0 Å². The van der Waals surface area contributed by atoms with Gasteiger partial charge in [0.25, 0.3) is 0 Å². The molecule has 19 heavy (non-hydrogen) atoms. The lowest BCUT2D eigenvalue weighted by atomic mass is 9.79. The SMILES string of the molecule is NS(=O)(=O)C1CC(=O)N(c2ccccc2B(O)O)C1. The molecular formula is C10H13BN2O5S. The van der Waals surface area contributed by atoms with E-state index in [0.717, 1.165) is 0 Å². The van der Waals surface area contributed by atoms with Crippen LogP contribution in [0.25, 0.3) is 0 Å². The molecule has 2 rings (SSSR count). The fraction of sp³-hybridized carbons (Fsp3) is 0.300. The van der Waals surface area contributed by atoms with Gasteiger partial charge in [0.2, 0.25) is 15.9 Å². The van der Waals surface area contributed by atoms with Crippen molar-refractivity contribution in [3.05, 3.63) is 24.3 Å². The highest BCUT2D eigenvalue weighted by atomic mass is 32.2. The first-order valence-corrected chi connectivity index (χ1v) is 7.18. The Bertz CT molecular complexity index is 604. The molecule has 1 aromatic rings. The molecule has 0 radical (unpaired) electrons. The number of hydrogen-bond donors (Lipinski definition) is 3. The second-order valence-electron chi connectivity index (χ2n) is 4.35. The first-order valence-electron chi connectivity index (χ1n) is 5.57. The molecule has 0 saturated carbocycles. The van der Waals surface area contributed by atoms with Crippen LogP contribution in [0, 0.1) is 0 Å². The Morgan fingerprint density at radius 3 is 2.47 bits per heavy atom. The van der Waals surface area contributed by atoms with Crippen molar-refractivity contribution in [2.45, 2.75) is 11.7 Å².